The number of para-hydroxylation sites is 1. The first-order valence-electron chi connectivity index (χ1n) is 13.0. The first-order valence-corrected chi connectivity index (χ1v) is 13.0. The number of hydrogen-bond donors (Lipinski definition) is 3. The summed E-state index contributed by atoms with van der Waals surface area (Å²) in [5.74, 6) is -4.80. The van der Waals surface area contributed by atoms with E-state index in [1.807, 2.05) is 0 Å². The molecule has 0 aliphatic carbocycles. The Morgan fingerprint density at radius 2 is 1.76 bits per heavy atom. The molecule has 1 aliphatic heterocycles. The molecule has 0 bridgehead atoms. The lowest BCUT2D eigenvalue weighted by Crippen LogP contribution is -2.50. The summed E-state index contributed by atoms with van der Waals surface area (Å²) in [5.41, 5.74) is -0.216. The lowest BCUT2D eigenvalue weighted by atomic mass is 9.92. The van der Waals surface area contributed by atoms with Crippen molar-refractivity contribution >= 4 is 35.9 Å². The van der Waals surface area contributed by atoms with Crippen LogP contribution in [0.4, 0.5) is 5.69 Å². The van der Waals surface area contributed by atoms with Crippen LogP contribution in [0.25, 0.3) is 0 Å². The minimum Gasteiger partial charge on any atom is -0.505 e. The lowest BCUT2D eigenvalue weighted by Gasteiger charge is -2.29. The van der Waals surface area contributed by atoms with Crippen LogP contribution in [0.5, 0.6) is 5.75 Å². The van der Waals surface area contributed by atoms with Gasteiger partial charge in [-0.15, -0.1) is 0 Å². The van der Waals surface area contributed by atoms with Crippen molar-refractivity contribution in [2.45, 2.75) is 91.1 Å². The van der Waals surface area contributed by atoms with Crippen LogP contribution in [-0.4, -0.2) is 59.7 Å². The van der Waals surface area contributed by atoms with Gasteiger partial charge in [-0.25, -0.2) is 4.79 Å². The summed E-state index contributed by atoms with van der Waals surface area (Å²) in [6, 6.07) is 2.70. The van der Waals surface area contributed by atoms with Gasteiger partial charge >= 0.3 is 17.9 Å². The normalized spacial score (nSPS) is 23.8. The molecule has 2 rings (SSSR count). The summed E-state index contributed by atoms with van der Waals surface area (Å²) >= 11 is 0. The molecular formula is C27H38N2O9. The topological polar surface area (TPSA) is 157 Å². The highest BCUT2D eigenvalue weighted by atomic mass is 16.6. The molecule has 0 saturated carbocycles. The standard InChI is InChI=1S/C27H38N2O9/c1-6-7-8-9-11-19-23(38-25(33)15(2)3)17(5)37-27(35)21(16(4)36-26(19)34)29-24(32)18-12-10-13-20(22(18)31)28-14-30/h10,12-17,19,21,23,31H,6-9,11H2,1-5H3,(H,28,30)(H,29,32). The second-order valence-corrected chi connectivity index (χ2v) is 9.71. The van der Waals surface area contributed by atoms with Gasteiger partial charge in [0.05, 0.1) is 23.1 Å². The molecule has 0 aromatic heterocycles. The number of unbranched alkanes of at least 4 members (excludes halogenated alkanes) is 3. The van der Waals surface area contributed by atoms with E-state index in [9.17, 15) is 29.1 Å². The van der Waals surface area contributed by atoms with Crippen molar-refractivity contribution < 1.29 is 43.3 Å². The van der Waals surface area contributed by atoms with Crippen molar-refractivity contribution in [1.29, 1.82) is 0 Å². The summed E-state index contributed by atoms with van der Waals surface area (Å²) in [6.45, 7) is 8.34. The number of hydrogen-bond acceptors (Lipinski definition) is 9. The van der Waals surface area contributed by atoms with E-state index in [-0.39, 0.29) is 11.3 Å². The highest BCUT2D eigenvalue weighted by Gasteiger charge is 2.44. The quantitative estimate of drug-likeness (QED) is 0.128. The first-order chi connectivity index (χ1) is 18.0. The van der Waals surface area contributed by atoms with E-state index in [2.05, 4.69) is 17.6 Å². The molecule has 1 aliphatic rings. The molecule has 11 nitrogen and oxygen atoms in total. The fourth-order valence-corrected chi connectivity index (χ4v) is 4.14. The maximum atomic E-state index is 13.3. The number of amides is 2. The Balaban J connectivity index is 2.34. The van der Waals surface area contributed by atoms with Gasteiger partial charge in [0, 0.05) is 0 Å². The Hall–Kier alpha value is -3.63. The van der Waals surface area contributed by atoms with Crippen LogP contribution in [0.15, 0.2) is 18.2 Å². The van der Waals surface area contributed by atoms with Gasteiger partial charge in [-0.1, -0.05) is 52.5 Å². The molecule has 0 radical (unpaired) electrons. The molecule has 0 spiro atoms. The Morgan fingerprint density at radius 3 is 2.39 bits per heavy atom. The summed E-state index contributed by atoms with van der Waals surface area (Å²) in [7, 11) is 0. The molecule has 1 heterocycles. The SMILES string of the molecule is CCCCCCC1C(=O)OC(C)C(NC(=O)c2cccc(NC=O)c2O)C(=O)OC(C)C1OC(=O)C(C)C. The van der Waals surface area contributed by atoms with E-state index in [0.29, 0.717) is 19.3 Å². The van der Waals surface area contributed by atoms with E-state index >= 15 is 0 Å². The van der Waals surface area contributed by atoms with Crippen molar-refractivity contribution in [3.05, 3.63) is 23.8 Å². The molecule has 1 aromatic rings. The van der Waals surface area contributed by atoms with Crippen LogP contribution in [0.2, 0.25) is 0 Å². The van der Waals surface area contributed by atoms with Crippen molar-refractivity contribution in [2.75, 3.05) is 5.32 Å². The van der Waals surface area contributed by atoms with Gasteiger partial charge in [-0.2, -0.15) is 0 Å². The van der Waals surface area contributed by atoms with E-state index in [4.69, 9.17) is 14.2 Å². The Labute approximate surface area is 222 Å². The van der Waals surface area contributed by atoms with Gasteiger partial charge in [-0.05, 0) is 32.4 Å². The molecular weight excluding hydrogens is 496 g/mol. The zero-order chi connectivity index (χ0) is 28.4. The van der Waals surface area contributed by atoms with Gasteiger partial charge in [0.25, 0.3) is 5.91 Å². The predicted molar refractivity (Wildman–Crippen MR) is 137 cm³/mol. The first kappa shape index (κ1) is 30.6. The van der Waals surface area contributed by atoms with Crippen LogP contribution in [0, 0.1) is 11.8 Å². The molecule has 1 fully saturated rings. The van der Waals surface area contributed by atoms with E-state index in [1.165, 1.54) is 32.0 Å². The third kappa shape index (κ3) is 7.93. The van der Waals surface area contributed by atoms with Crippen LogP contribution in [0.3, 0.4) is 0 Å². The van der Waals surface area contributed by atoms with Gasteiger partial charge in [0.15, 0.2) is 17.9 Å². The van der Waals surface area contributed by atoms with Crippen molar-refractivity contribution in [3.63, 3.8) is 0 Å². The lowest BCUT2D eigenvalue weighted by molar-refractivity contribution is -0.177. The molecule has 210 valence electrons. The van der Waals surface area contributed by atoms with E-state index in [1.54, 1.807) is 13.8 Å². The fourth-order valence-electron chi connectivity index (χ4n) is 4.14. The summed E-state index contributed by atoms with van der Waals surface area (Å²) in [6.07, 6.45) is 1.02. The van der Waals surface area contributed by atoms with E-state index in [0.717, 1.165) is 19.3 Å². The smallest absolute Gasteiger partial charge is 0.332 e. The molecule has 5 atom stereocenters. The summed E-state index contributed by atoms with van der Waals surface area (Å²) < 4.78 is 16.8. The van der Waals surface area contributed by atoms with E-state index < -0.39 is 65.8 Å². The highest BCUT2D eigenvalue weighted by molar-refractivity contribution is 6.01. The molecule has 5 unspecified atom stereocenters. The van der Waals surface area contributed by atoms with Crippen molar-refractivity contribution in [1.82, 2.24) is 5.32 Å². The Morgan fingerprint density at radius 1 is 1.08 bits per heavy atom. The second kappa shape index (κ2) is 14.3. The molecule has 1 aromatic carbocycles. The van der Waals surface area contributed by atoms with Crippen molar-refractivity contribution in [3.8, 4) is 5.75 Å². The molecule has 3 N–H and O–H groups in total. The van der Waals surface area contributed by atoms with Gasteiger partial charge < -0.3 is 30.0 Å². The average Bonchev–Trinajstić information content (AvgIpc) is 2.88. The number of phenolic OH excluding ortho intramolecular Hbond substituents is 1. The minimum atomic E-state index is -1.42. The van der Waals surface area contributed by atoms with Gasteiger partial charge in [0.1, 0.15) is 12.2 Å². The molecule has 11 heteroatoms. The molecule has 1 saturated heterocycles. The maximum Gasteiger partial charge on any atom is 0.332 e. The summed E-state index contributed by atoms with van der Waals surface area (Å²) in [4.78, 5) is 62.7. The van der Waals surface area contributed by atoms with Crippen LogP contribution in [-0.2, 0) is 33.4 Å². The highest BCUT2D eigenvalue weighted by Crippen LogP contribution is 2.29. The zero-order valence-corrected chi connectivity index (χ0v) is 22.5. The van der Waals surface area contributed by atoms with Crippen molar-refractivity contribution in [2.24, 2.45) is 11.8 Å². The number of esters is 3. The number of carbonyl (C=O) groups excluding carboxylic acids is 5. The number of phenols is 1. The number of aromatic hydroxyl groups is 1. The number of ether oxygens (including phenoxy) is 3. The number of carbonyl (C=O) groups is 5. The number of rotatable bonds is 11. The third-order valence-corrected chi connectivity index (χ3v) is 6.36. The minimum absolute atomic E-state index is 0.00137. The second-order valence-electron chi connectivity index (χ2n) is 9.71. The Kier molecular flexibility index (Phi) is 11.5. The van der Waals surface area contributed by atoms with Gasteiger partial charge in [0.2, 0.25) is 6.41 Å². The van der Waals surface area contributed by atoms with Crippen LogP contribution >= 0.6 is 0 Å². The Bertz CT molecular complexity index is 1010. The third-order valence-electron chi connectivity index (χ3n) is 6.36. The van der Waals surface area contributed by atoms with Crippen LogP contribution < -0.4 is 10.6 Å². The number of cyclic esters (lactones) is 2. The van der Waals surface area contributed by atoms with Gasteiger partial charge in [-0.3, -0.25) is 19.2 Å². The number of benzene rings is 1. The molecule has 2 amide bonds. The number of anilines is 1. The number of nitrogens with one attached hydrogen (secondary N) is 2. The predicted octanol–water partition coefficient (Wildman–Crippen LogP) is 3.09. The zero-order valence-electron chi connectivity index (χ0n) is 22.5. The monoisotopic (exact) mass is 534 g/mol. The fraction of sp³-hybridized carbons (Fsp3) is 0.593. The molecule has 38 heavy (non-hydrogen) atoms. The largest absolute Gasteiger partial charge is 0.505 e. The summed E-state index contributed by atoms with van der Waals surface area (Å²) in [5, 5.41) is 15.1. The average molecular weight is 535 g/mol. The van der Waals surface area contributed by atoms with Crippen LogP contribution in [0.1, 0.15) is 77.1 Å². The maximum absolute atomic E-state index is 13.3.